The molecule has 0 aliphatic rings. The zero-order valence-electron chi connectivity index (χ0n) is 11.0. The van der Waals surface area contributed by atoms with Gasteiger partial charge in [0.2, 0.25) is 11.5 Å². The molecule has 0 atom stereocenters. The molecule has 0 bridgehead atoms. The maximum absolute atomic E-state index is 12.0. The fourth-order valence-corrected chi connectivity index (χ4v) is 2.42. The molecule has 2 aromatic heterocycles. The van der Waals surface area contributed by atoms with Gasteiger partial charge in [0, 0.05) is 16.6 Å². The molecule has 7 nitrogen and oxygen atoms in total. The Kier molecular flexibility index (Phi) is 3.36. The van der Waals surface area contributed by atoms with Crippen LogP contribution in [0.4, 0.5) is 11.5 Å². The van der Waals surface area contributed by atoms with Crippen molar-refractivity contribution in [2.24, 2.45) is 0 Å². The van der Waals surface area contributed by atoms with Gasteiger partial charge in [-0.25, -0.2) is 9.61 Å². The van der Waals surface area contributed by atoms with E-state index in [-0.39, 0.29) is 11.5 Å². The van der Waals surface area contributed by atoms with Crippen LogP contribution < -0.4 is 11.1 Å². The predicted octanol–water partition coefficient (Wildman–Crippen LogP) is 2.34. The van der Waals surface area contributed by atoms with E-state index >= 15 is 0 Å². The minimum absolute atomic E-state index is 0.0371. The molecule has 0 saturated carbocycles. The molecule has 3 N–H and O–H groups in total. The molecular formula is C13H11N5O2S. The van der Waals surface area contributed by atoms with Gasteiger partial charge in [0.1, 0.15) is 0 Å². The smallest absolute Gasteiger partial charge is 0.281 e. The van der Waals surface area contributed by atoms with E-state index in [1.54, 1.807) is 17.4 Å². The van der Waals surface area contributed by atoms with Crippen LogP contribution in [0, 0.1) is 6.92 Å². The highest BCUT2D eigenvalue weighted by atomic mass is 32.1. The van der Waals surface area contributed by atoms with Crippen LogP contribution in [0.1, 0.15) is 15.5 Å². The molecular weight excluding hydrogens is 290 g/mol. The molecule has 2 heterocycles. The monoisotopic (exact) mass is 301 g/mol. The van der Waals surface area contributed by atoms with Crippen LogP contribution in [0.5, 0.6) is 0 Å². The number of nitrogens with two attached hydrogens (primary N) is 1. The number of thiazole rings is 1. The van der Waals surface area contributed by atoms with Gasteiger partial charge >= 0.3 is 0 Å². The molecule has 0 radical (unpaired) electrons. The number of nitrogens with one attached hydrogen (secondary N) is 1. The first kappa shape index (κ1) is 13.3. The summed E-state index contributed by atoms with van der Waals surface area (Å²) in [5, 5.41) is 12.5. The van der Waals surface area contributed by atoms with Gasteiger partial charge in [-0.05, 0) is 29.4 Å². The zero-order valence-corrected chi connectivity index (χ0v) is 11.8. The summed E-state index contributed by atoms with van der Waals surface area (Å²) in [6.45, 7) is 1.94. The number of hydrogen-bond donors (Lipinski definition) is 2. The Bertz CT molecular complexity index is 795. The molecule has 3 aromatic rings. The van der Waals surface area contributed by atoms with Gasteiger partial charge in [-0.15, -0.1) is 11.3 Å². The molecule has 0 aliphatic heterocycles. The van der Waals surface area contributed by atoms with Crippen molar-refractivity contribution in [3.05, 3.63) is 40.3 Å². The van der Waals surface area contributed by atoms with Crippen molar-refractivity contribution in [1.29, 1.82) is 0 Å². The van der Waals surface area contributed by atoms with Gasteiger partial charge in [0.05, 0.1) is 10.7 Å². The first-order valence-corrected chi connectivity index (χ1v) is 6.93. The van der Waals surface area contributed by atoms with Crippen molar-refractivity contribution in [1.82, 2.24) is 15.3 Å². The fourth-order valence-electron chi connectivity index (χ4n) is 1.80. The summed E-state index contributed by atoms with van der Waals surface area (Å²) in [5.74, 6) is -0.515. The number of nitrogen functional groups attached to an aromatic ring is 1. The Hall–Kier alpha value is -2.74. The molecule has 0 saturated heterocycles. The Morgan fingerprint density at radius 1 is 1.38 bits per heavy atom. The molecule has 1 aromatic carbocycles. The number of aryl methyl sites for hydroxylation is 1. The second-order valence-corrected chi connectivity index (χ2v) is 5.35. The number of anilines is 2. The molecule has 0 spiro atoms. The maximum Gasteiger partial charge on any atom is 0.281 e. The topological polar surface area (TPSA) is 107 Å². The third kappa shape index (κ3) is 2.75. The van der Waals surface area contributed by atoms with Crippen molar-refractivity contribution in [3.8, 4) is 11.3 Å². The van der Waals surface area contributed by atoms with E-state index in [0.717, 1.165) is 16.3 Å². The van der Waals surface area contributed by atoms with Crippen LogP contribution in [-0.2, 0) is 0 Å². The number of aromatic nitrogens is 3. The number of carbonyl (C=O) groups excluding carboxylic acids is 1. The lowest BCUT2D eigenvalue weighted by Crippen LogP contribution is -2.14. The minimum Gasteiger partial charge on any atom is -0.379 e. The van der Waals surface area contributed by atoms with Crippen molar-refractivity contribution >= 4 is 28.7 Å². The van der Waals surface area contributed by atoms with Gasteiger partial charge < -0.3 is 11.1 Å². The van der Waals surface area contributed by atoms with Crippen LogP contribution in [0.2, 0.25) is 0 Å². The van der Waals surface area contributed by atoms with Gasteiger partial charge in [-0.3, -0.25) is 4.79 Å². The third-order valence-electron chi connectivity index (χ3n) is 2.76. The average molecular weight is 301 g/mol. The van der Waals surface area contributed by atoms with Crippen LogP contribution in [0.15, 0.2) is 34.3 Å². The van der Waals surface area contributed by atoms with Gasteiger partial charge in [0.15, 0.2) is 0 Å². The molecule has 106 valence electrons. The van der Waals surface area contributed by atoms with Crippen LogP contribution in [0.3, 0.4) is 0 Å². The second-order valence-electron chi connectivity index (χ2n) is 4.28. The summed E-state index contributed by atoms with van der Waals surface area (Å²) in [5.41, 5.74) is 7.85. The molecule has 1 amide bonds. The highest BCUT2D eigenvalue weighted by molar-refractivity contribution is 7.09. The van der Waals surface area contributed by atoms with Crippen LogP contribution in [-0.4, -0.2) is 21.2 Å². The number of benzene rings is 1. The first-order chi connectivity index (χ1) is 10.1. The summed E-state index contributed by atoms with van der Waals surface area (Å²) < 4.78 is 4.41. The Balaban J connectivity index is 1.84. The normalized spacial score (nSPS) is 10.5. The fraction of sp³-hybridized carbons (Fsp3) is 0.0769. The maximum atomic E-state index is 12.0. The quantitative estimate of drug-likeness (QED) is 0.769. The molecule has 3 rings (SSSR count). The third-order valence-corrected chi connectivity index (χ3v) is 3.54. The highest BCUT2D eigenvalue weighted by Crippen LogP contribution is 2.24. The molecule has 21 heavy (non-hydrogen) atoms. The number of rotatable bonds is 3. The summed E-state index contributed by atoms with van der Waals surface area (Å²) in [4.78, 5) is 16.4. The molecule has 0 fully saturated rings. The predicted molar refractivity (Wildman–Crippen MR) is 79.0 cm³/mol. The summed E-state index contributed by atoms with van der Waals surface area (Å²) >= 11 is 1.57. The lowest BCUT2D eigenvalue weighted by molar-refractivity contribution is 0.101. The second kappa shape index (κ2) is 5.33. The lowest BCUT2D eigenvalue weighted by Gasteiger charge is -2.04. The Morgan fingerprint density at radius 3 is 2.90 bits per heavy atom. The van der Waals surface area contributed by atoms with Crippen molar-refractivity contribution < 1.29 is 9.42 Å². The van der Waals surface area contributed by atoms with E-state index in [2.05, 4.69) is 25.2 Å². The summed E-state index contributed by atoms with van der Waals surface area (Å²) in [6, 6.07) is 7.36. The standard InChI is InChI=1S/C13H11N5O2S/c1-7-15-10(6-21-7)8-3-2-4-9(5-8)16-13(19)11-12(14)18-20-17-11/h2-6H,1H3,(H2,14,18)(H,16,19). The minimum atomic E-state index is -0.472. The van der Waals surface area contributed by atoms with Gasteiger partial charge in [0.25, 0.3) is 5.91 Å². The number of carbonyl (C=O) groups is 1. The molecule has 8 heteroatoms. The molecule has 0 aliphatic carbocycles. The number of nitrogens with zero attached hydrogens (tertiary/aromatic N) is 3. The zero-order chi connectivity index (χ0) is 14.8. The van der Waals surface area contributed by atoms with E-state index in [0.29, 0.717) is 5.69 Å². The van der Waals surface area contributed by atoms with E-state index in [1.807, 2.05) is 30.5 Å². The van der Waals surface area contributed by atoms with Crippen molar-refractivity contribution in [2.45, 2.75) is 6.92 Å². The van der Waals surface area contributed by atoms with Crippen LogP contribution in [0.25, 0.3) is 11.3 Å². The number of hydrogen-bond acceptors (Lipinski definition) is 7. The van der Waals surface area contributed by atoms with E-state index in [4.69, 9.17) is 5.73 Å². The number of amides is 1. The van der Waals surface area contributed by atoms with E-state index in [9.17, 15) is 4.79 Å². The first-order valence-electron chi connectivity index (χ1n) is 6.05. The highest BCUT2D eigenvalue weighted by Gasteiger charge is 2.16. The van der Waals surface area contributed by atoms with Crippen LogP contribution >= 0.6 is 11.3 Å². The van der Waals surface area contributed by atoms with Gasteiger partial charge in [-0.1, -0.05) is 12.1 Å². The average Bonchev–Trinajstić information content (AvgIpc) is 3.08. The van der Waals surface area contributed by atoms with Crippen molar-refractivity contribution in [2.75, 3.05) is 11.1 Å². The van der Waals surface area contributed by atoms with E-state index < -0.39 is 5.91 Å². The summed E-state index contributed by atoms with van der Waals surface area (Å²) in [7, 11) is 0. The molecule has 0 unspecified atom stereocenters. The van der Waals surface area contributed by atoms with Crippen molar-refractivity contribution in [3.63, 3.8) is 0 Å². The largest absolute Gasteiger partial charge is 0.379 e. The Morgan fingerprint density at radius 2 is 2.24 bits per heavy atom. The lowest BCUT2D eigenvalue weighted by atomic mass is 10.1. The van der Waals surface area contributed by atoms with Gasteiger partial charge in [-0.2, -0.15) is 0 Å². The Labute approximate surface area is 123 Å². The SMILES string of the molecule is Cc1nc(-c2cccc(NC(=O)c3nonc3N)c2)cs1. The summed E-state index contributed by atoms with van der Waals surface area (Å²) in [6.07, 6.45) is 0. The van der Waals surface area contributed by atoms with E-state index in [1.165, 1.54) is 0 Å².